The van der Waals surface area contributed by atoms with Crippen LogP contribution in [0.15, 0.2) is 42.6 Å². The van der Waals surface area contributed by atoms with Crippen molar-refractivity contribution >= 4 is 24.1 Å². The zero-order chi connectivity index (χ0) is 15.4. The molecule has 1 amide bonds. The molecule has 1 fully saturated rings. The fourth-order valence-corrected chi connectivity index (χ4v) is 2.98. The number of aromatic nitrogens is 2. The summed E-state index contributed by atoms with van der Waals surface area (Å²) in [5.41, 5.74) is 7.14. The molecule has 1 aliphatic rings. The van der Waals surface area contributed by atoms with Crippen LogP contribution in [0.1, 0.15) is 24.8 Å². The van der Waals surface area contributed by atoms with Crippen molar-refractivity contribution in [1.82, 2.24) is 9.78 Å². The molecule has 1 heterocycles. The molecule has 0 aliphatic heterocycles. The fraction of sp³-hybridized carbons (Fsp3) is 0.412. The number of carbonyl (C=O) groups is 1. The molecule has 5 nitrogen and oxygen atoms in total. The summed E-state index contributed by atoms with van der Waals surface area (Å²) in [5.74, 6) is 0.864. The van der Waals surface area contributed by atoms with Crippen molar-refractivity contribution in [2.75, 3.05) is 5.32 Å². The molecule has 0 spiro atoms. The number of amides is 1. The van der Waals surface area contributed by atoms with Gasteiger partial charge in [-0.25, -0.2) is 4.68 Å². The van der Waals surface area contributed by atoms with Crippen molar-refractivity contribution < 1.29 is 4.79 Å². The highest BCUT2D eigenvalue weighted by molar-refractivity contribution is 5.92. The SMILES string of the molecule is Cl.NC1CCC(C(=O)Nc2ccnn2CCc2ccccc2)C1. The topological polar surface area (TPSA) is 72.9 Å². The first kappa shape index (κ1) is 17.5. The molecule has 3 rings (SSSR count). The first-order valence-corrected chi connectivity index (χ1v) is 7.84. The van der Waals surface area contributed by atoms with E-state index in [0.29, 0.717) is 0 Å². The normalized spacial score (nSPS) is 20.0. The second-order valence-corrected chi connectivity index (χ2v) is 5.93. The molecular formula is C17H23ClN4O. The Morgan fingerprint density at radius 3 is 2.74 bits per heavy atom. The van der Waals surface area contributed by atoms with E-state index in [0.717, 1.165) is 38.0 Å². The summed E-state index contributed by atoms with van der Waals surface area (Å²) in [6, 6.07) is 12.3. The molecular weight excluding hydrogens is 312 g/mol. The van der Waals surface area contributed by atoms with Gasteiger partial charge in [-0.05, 0) is 31.2 Å². The predicted octanol–water partition coefficient (Wildman–Crippen LogP) is 2.61. The number of nitrogens with two attached hydrogens (primary N) is 1. The molecule has 23 heavy (non-hydrogen) atoms. The lowest BCUT2D eigenvalue weighted by molar-refractivity contribution is -0.119. The highest BCUT2D eigenvalue weighted by Gasteiger charge is 2.28. The number of anilines is 1. The van der Waals surface area contributed by atoms with Gasteiger partial charge in [-0.1, -0.05) is 30.3 Å². The average Bonchev–Trinajstić information content (AvgIpc) is 3.15. The molecule has 1 aliphatic carbocycles. The van der Waals surface area contributed by atoms with Crippen molar-refractivity contribution in [3.63, 3.8) is 0 Å². The molecule has 1 aromatic heterocycles. The van der Waals surface area contributed by atoms with Crippen LogP contribution in [0.2, 0.25) is 0 Å². The minimum absolute atomic E-state index is 0. The molecule has 124 valence electrons. The van der Waals surface area contributed by atoms with Crippen LogP contribution in [0.25, 0.3) is 0 Å². The summed E-state index contributed by atoms with van der Waals surface area (Å²) in [4.78, 5) is 12.3. The number of rotatable bonds is 5. The van der Waals surface area contributed by atoms with Crippen molar-refractivity contribution in [2.45, 2.75) is 38.3 Å². The zero-order valence-electron chi connectivity index (χ0n) is 13.0. The molecule has 2 atom stereocenters. The lowest BCUT2D eigenvalue weighted by Crippen LogP contribution is -2.24. The molecule has 2 unspecified atom stereocenters. The van der Waals surface area contributed by atoms with Gasteiger partial charge in [-0.15, -0.1) is 12.4 Å². The maximum Gasteiger partial charge on any atom is 0.228 e. The summed E-state index contributed by atoms with van der Waals surface area (Å²) < 4.78 is 1.85. The van der Waals surface area contributed by atoms with Crippen LogP contribution in [0.3, 0.4) is 0 Å². The van der Waals surface area contributed by atoms with E-state index < -0.39 is 0 Å². The maximum atomic E-state index is 12.3. The summed E-state index contributed by atoms with van der Waals surface area (Å²) in [6.07, 6.45) is 5.21. The van der Waals surface area contributed by atoms with E-state index in [9.17, 15) is 4.79 Å². The minimum Gasteiger partial charge on any atom is -0.328 e. The number of halogens is 1. The van der Waals surface area contributed by atoms with Crippen LogP contribution >= 0.6 is 12.4 Å². The Morgan fingerprint density at radius 2 is 2.04 bits per heavy atom. The Morgan fingerprint density at radius 1 is 1.26 bits per heavy atom. The molecule has 0 bridgehead atoms. The molecule has 6 heteroatoms. The average molecular weight is 335 g/mol. The van der Waals surface area contributed by atoms with Gasteiger partial charge >= 0.3 is 0 Å². The highest BCUT2D eigenvalue weighted by Crippen LogP contribution is 2.25. The largest absolute Gasteiger partial charge is 0.328 e. The van der Waals surface area contributed by atoms with E-state index >= 15 is 0 Å². The van der Waals surface area contributed by atoms with Gasteiger partial charge in [0.15, 0.2) is 0 Å². The van der Waals surface area contributed by atoms with Gasteiger partial charge in [0.25, 0.3) is 0 Å². The standard InChI is InChI=1S/C17H22N4O.ClH/c18-15-7-6-14(12-15)17(22)20-16-8-10-19-21(16)11-9-13-4-2-1-3-5-13;/h1-5,8,10,14-15H,6-7,9,11-12,18H2,(H,20,22);1H. The second kappa shape index (κ2) is 8.13. The van der Waals surface area contributed by atoms with Crippen LogP contribution in [0.4, 0.5) is 5.82 Å². The van der Waals surface area contributed by atoms with Gasteiger partial charge in [-0.3, -0.25) is 4.79 Å². The summed E-state index contributed by atoms with van der Waals surface area (Å²) in [5, 5.41) is 7.30. The highest BCUT2D eigenvalue weighted by atomic mass is 35.5. The monoisotopic (exact) mass is 334 g/mol. The minimum atomic E-state index is 0. The van der Waals surface area contributed by atoms with Crippen molar-refractivity contribution in [3.05, 3.63) is 48.2 Å². The summed E-state index contributed by atoms with van der Waals surface area (Å²) in [6.45, 7) is 0.747. The number of carbonyl (C=O) groups excluding carboxylic acids is 1. The molecule has 2 aromatic rings. The van der Waals surface area contributed by atoms with Crippen molar-refractivity contribution in [1.29, 1.82) is 0 Å². The molecule has 1 saturated carbocycles. The number of aryl methyl sites for hydroxylation is 2. The van der Waals surface area contributed by atoms with Crippen molar-refractivity contribution in [2.24, 2.45) is 11.7 Å². The number of hydrogen-bond donors (Lipinski definition) is 2. The Bertz CT molecular complexity index is 629. The maximum absolute atomic E-state index is 12.3. The van der Waals surface area contributed by atoms with Crippen LogP contribution < -0.4 is 11.1 Å². The number of benzene rings is 1. The summed E-state index contributed by atoms with van der Waals surface area (Å²) >= 11 is 0. The van der Waals surface area contributed by atoms with E-state index in [1.807, 2.05) is 28.9 Å². The third kappa shape index (κ3) is 4.56. The van der Waals surface area contributed by atoms with E-state index in [1.165, 1.54) is 5.56 Å². The smallest absolute Gasteiger partial charge is 0.228 e. The zero-order valence-corrected chi connectivity index (χ0v) is 13.8. The van der Waals surface area contributed by atoms with Gasteiger partial charge in [0.05, 0.1) is 6.20 Å². The Labute approximate surface area is 142 Å². The van der Waals surface area contributed by atoms with E-state index in [2.05, 4.69) is 22.5 Å². The van der Waals surface area contributed by atoms with E-state index in [-0.39, 0.29) is 30.3 Å². The molecule has 0 radical (unpaired) electrons. The predicted molar refractivity (Wildman–Crippen MR) is 93.6 cm³/mol. The molecule has 0 saturated heterocycles. The van der Waals surface area contributed by atoms with E-state index in [4.69, 9.17) is 5.73 Å². The number of hydrogen-bond acceptors (Lipinski definition) is 3. The van der Waals surface area contributed by atoms with Gasteiger partial charge in [0, 0.05) is 24.6 Å². The molecule has 3 N–H and O–H groups in total. The second-order valence-electron chi connectivity index (χ2n) is 5.93. The van der Waals surface area contributed by atoms with Crippen LogP contribution in [-0.4, -0.2) is 21.7 Å². The first-order chi connectivity index (χ1) is 10.7. The summed E-state index contributed by atoms with van der Waals surface area (Å²) in [7, 11) is 0. The Hall–Kier alpha value is -1.85. The van der Waals surface area contributed by atoms with E-state index in [1.54, 1.807) is 6.20 Å². The van der Waals surface area contributed by atoms with Gasteiger partial charge < -0.3 is 11.1 Å². The lowest BCUT2D eigenvalue weighted by atomic mass is 10.1. The molecule has 1 aromatic carbocycles. The van der Waals surface area contributed by atoms with Crippen LogP contribution in [0, 0.1) is 5.92 Å². The Balaban J connectivity index is 0.00000192. The van der Waals surface area contributed by atoms with Gasteiger partial charge in [0.1, 0.15) is 5.82 Å². The first-order valence-electron chi connectivity index (χ1n) is 7.84. The quantitative estimate of drug-likeness (QED) is 0.882. The fourth-order valence-electron chi connectivity index (χ4n) is 2.98. The Kier molecular flexibility index (Phi) is 6.19. The van der Waals surface area contributed by atoms with Crippen LogP contribution in [0.5, 0.6) is 0 Å². The lowest BCUT2D eigenvalue weighted by Gasteiger charge is -2.12. The van der Waals surface area contributed by atoms with Gasteiger partial charge in [-0.2, -0.15) is 5.10 Å². The number of nitrogens with one attached hydrogen (secondary N) is 1. The van der Waals surface area contributed by atoms with Crippen molar-refractivity contribution in [3.8, 4) is 0 Å². The third-order valence-corrected chi connectivity index (χ3v) is 4.27. The van der Waals surface area contributed by atoms with Gasteiger partial charge in [0.2, 0.25) is 5.91 Å². The number of nitrogens with zero attached hydrogens (tertiary/aromatic N) is 2. The third-order valence-electron chi connectivity index (χ3n) is 4.27. The van der Waals surface area contributed by atoms with Crippen LogP contribution in [-0.2, 0) is 17.8 Å².